The van der Waals surface area contributed by atoms with Crippen LogP contribution >= 0.6 is 0 Å². The zero-order chi connectivity index (χ0) is 24.1. The summed E-state index contributed by atoms with van der Waals surface area (Å²) in [7, 11) is -4.40. The van der Waals surface area contributed by atoms with Gasteiger partial charge < -0.3 is 4.18 Å². The van der Waals surface area contributed by atoms with Crippen LogP contribution in [0, 0.1) is 6.92 Å². The average molecular weight is 476 g/mol. The van der Waals surface area contributed by atoms with E-state index in [1.807, 2.05) is 31.2 Å². The van der Waals surface area contributed by atoms with E-state index in [4.69, 9.17) is 4.18 Å². The van der Waals surface area contributed by atoms with Gasteiger partial charge in [-0.05, 0) is 54.4 Å². The van der Waals surface area contributed by atoms with Crippen LogP contribution in [0.1, 0.15) is 22.3 Å². The summed E-state index contributed by atoms with van der Waals surface area (Å²) in [5.41, 5.74) is 3.44. The van der Waals surface area contributed by atoms with Crippen LogP contribution in [-0.2, 0) is 27.5 Å². The van der Waals surface area contributed by atoms with E-state index in [1.54, 1.807) is 6.07 Å². The number of hydrogen-bond acceptors (Lipinski definition) is 5. The number of nitrogens with zero attached hydrogens (tertiary/aromatic N) is 1. The van der Waals surface area contributed by atoms with Gasteiger partial charge in [0.2, 0.25) is 5.91 Å². The normalized spacial score (nSPS) is 12.0. The second-order valence-electron chi connectivity index (χ2n) is 6.99. The number of aryl methyl sites for hydroxylation is 1. The third kappa shape index (κ3) is 6.42. The van der Waals surface area contributed by atoms with Crippen molar-refractivity contribution in [2.24, 2.45) is 5.10 Å². The number of para-hydroxylation sites is 1. The van der Waals surface area contributed by atoms with Gasteiger partial charge in [0, 0.05) is 5.56 Å². The van der Waals surface area contributed by atoms with E-state index in [2.05, 4.69) is 10.5 Å². The van der Waals surface area contributed by atoms with Crippen LogP contribution in [0.15, 0.2) is 82.8 Å². The van der Waals surface area contributed by atoms with Crippen LogP contribution in [0.4, 0.5) is 13.2 Å². The molecule has 0 unspecified atom stereocenters. The van der Waals surface area contributed by atoms with E-state index < -0.39 is 26.8 Å². The van der Waals surface area contributed by atoms with Crippen molar-refractivity contribution in [2.45, 2.75) is 24.4 Å². The third-order valence-corrected chi connectivity index (χ3v) is 5.84. The summed E-state index contributed by atoms with van der Waals surface area (Å²) >= 11 is 0. The van der Waals surface area contributed by atoms with Gasteiger partial charge in [0.1, 0.15) is 4.90 Å². The molecule has 0 atom stereocenters. The predicted molar refractivity (Wildman–Crippen MR) is 116 cm³/mol. The molecule has 0 saturated carbocycles. The van der Waals surface area contributed by atoms with Crippen molar-refractivity contribution in [3.05, 3.63) is 95.1 Å². The number of hydrogen-bond donors (Lipinski definition) is 1. The zero-order valence-corrected chi connectivity index (χ0v) is 18.2. The topological polar surface area (TPSA) is 84.8 Å². The first kappa shape index (κ1) is 24.0. The molecule has 0 bridgehead atoms. The molecule has 0 heterocycles. The highest BCUT2D eigenvalue weighted by molar-refractivity contribution is 7.87. The molecule has 1 amide bonds. The molecule has 0 aliphatic rings. The van der Waals surface area contributed by atoms with Crippen LogP contribution in [0.25, 0.3) is 0 Å². The summed E-state index contributed by atoms with van der Waals surface area (Å²) in [6, 6.07) is 16.4. The van der Waals surface area contributed by atoms with Crippen molar-refractivity contribution >= 4 is 22.2 Å². The molecule has 0 saturated heterocycles. The van der Waals surface area contributed by atoms with Crippen LogP contribution in [0.5, 0.6) is 5.75 Å². The maximum atomic E-state index is 12.7. The first-order chi connectivity index (χ1) is 15.6. The smallest absolute Gasteiger partial charge is 0.378 e. The number of alkyl halides is 3. The molecule has 0 aliphatic heterocycles. The van der Waals surface area contributed by atoms with Gasteiger partial charge in [-0.2, -0.15) is 26.7 Å². The average Bonchev–Trinajstić information content (AvgIpc) is 2.76. The van der Waals surface area contributed by atoms with Crippen molar-refractivity contribution in [1.29, 1.82) is 0 Å². The highest BCUT2D eigenvalue weighted by Gasteiger charge is 2.31. The number of carbonyl (C=O) groups is 1. The van der Waals surface area contributed by atoms with Gasteiger partial charge in [-0.15, -0.1) is 0 Å². The molecule has 172 valence electrons. The lowest BCUT2D eigenvalue weighted by Gasteiger charge is -2.11. The third-order valence-electron chi connectivity index (χ3n) is 4.59. The van der Waals surface area contributed by atoms with Crippen LogP contribution < -0.4 is 9.61 Å². The Morgan fingerprint density at radius 3 is 2.30 bits per heavy atom. The van der Waals surface area contributed by atoms with Gasteiger partial charge in [-0.1, -0.05) is 36.4 Å². The number of hydrazone groups is 1. The number of nitrogens with one attached hydrogen (secondary N) is 1. The number of carbonyl (C=O) groups excluding carboxylic acids is 1. The molecule has 0 fully saturated rings. The Hall–Kier alpha value is -3.66. The van der Waals surface area contributed by atoms with Crippen molar-refractivity contribution in [2.75, 3.05) is 0 Å². The molecule has 3 aromatic rings. The van der Waals surface area contributed by atoms with E-state index in [1.165, 1.54) is 24.4 Å². The van der Waals surface area contributed by atoms with Crippen LogP contribution in [0.3, 0.4) is 0 Å². The Bertz CT molecular complexity index is 1270. The van der Waals surface area contributed by atoms with Gasteiger partial charge in [0.25, 0.3) is 0 Å². The van der Waals surface area contributed by atoms with Gasteiger partial charge >= 0.3 is 16.3 Å². The fraction of sp³-hybridized carbons (Fsp3) is 0.130. The molecule has 10 heteroatoms. The molecule has 1 N–H and O–H groups in total. The maximum absolute atomic E-state index is 12.7. The minimum atomic E-state index is -4.59. The standard InChI is InChI=1S/C23H19F3N2O4S/c1-16-6-2-3-7-17(16)14-22(29)28-27-15-18-8-4-5-9-21(18)32-33(30,31)20-12-10-19(11-13-20)23(24,25)26/h2-13,15H,14H2,1H3,(H,28,29)/b27-15+. The van der Waals surface area contributed by atoms with E-state index in [0.717, 1.165) is 23.3 Å². The summed E-state index contributed by atoms with van der Waals surface area (Å²) in [4.78, 5) is 11.7. The second kappa shape index (κ2) is 9.86. The second-order valence-corrected chi connectivity index (χ2v) is 8.54. The van der Waals surface area contributed by atoms with E-state index in [-0.39, 0.29) is 23.6 Å². The Kier molecular flexibility index (Phi) is 7.17. The fourth-order valence-corrected chi connectivity index (χ4v) is 3.79. The highest BCUT2D eigenvalue weighted by atomic mass is 32.2. The number of rotatable bonds is 7. The molecule has 0 aromatic heterocycles. The lowest BCUT2D eigenvalue weighted by Crippen LogP contribution is -2.20. The summed E-state index contributed by atoms with van der Waals surface area (Å²) < 4.78 is 68.3. The SMILES string of the molecule is Cc1ccccc1CC(=O)N/N=C/c1ccccc1OS(=O)(=O)c1ccc(C(F)(F)F)cc1. The summed E-state index contributed by atoms with van der Waals surface area (Å²) in [6.07, 6.45) is -3.26. The van der Waals surface area contributed by atoms with Gasteiger partial charge in [-0.3, -0.25) is 4.79 Å². The Balaban J connectivity index is 1.71. The van der Waals surface area contributed by atoms with Crippen LogP contribution in [0.2, 0.25) is 0 Å². The fourth-order valence-electron chi connectivity index (χ4n) is 2.83. The number of benzene rings is 3. The highest BCUT2D eigenvalue weighted by Crippen LogP contribution is 2.30. The molecule has 0 aliphatic carbocycles. The minimum Gasteiger partial charge on any atom is -0.378 e. The van der Waals surface area contributed by atoms with Crippen molar-refractivity contribution in [1.82, 2.24) is 5.43 Å². The lowest BCUT2D eigenvalue weighted by molar-refractivity contribution is -0.137. The summed E-state index contributed by atoms with van der Waals surface area (Å²) in [5.74, 6) is -0.467. The molecule has 6 nitrogen and oxygen atoms in total. The number of halogens is 3. The Labute approximate surface area is 188 Å². The van der Waals surface area contributed by atoms with Crippen molar-refractivity contribution in [3.63, 3.8) is 0 Å². The number of amides is 1. The van der Waals surface area contributed by atoms with Gasteiger partial charge in [0.05, 0.1) is 18.2 Å². The molecule has 0 spiro atoms. The molecule has 0 radical (unpaired) electrons. The Morgan fingerprint density at radius 2 is 1.64 bits per heavy atom. The van der Waals surface area contributed by atoms with Gasteiger partial charge in [-0.25, -0.2) is 5.43 Å². The first-order valence-corrected chi connectivity index (χ1v) is 11.0. The van der Waals surface area contributed by atoms with Crippen molar-refractivity contribution in [3.8, 4) is 5.75 Å². The molecule has 3 aromatic carbocycles. The van der Waals surface area contributed by atoms with Crippen molar-refractivity contribution < 1.29 is 30.6 Å². The van der Waals surface area contributed by atoms with Crippen LogP contribution in [-0.4, -0.2) is 20.5 Å². The predicted octanol–water partition coefficient (Wildman–Crippen LogP) is 4.47. The summed E-state index contributed by atoms with van der Waals surface area (Å²) in [6.45, 7) is 1.89. The maximum Gasteiger partial charge on any atom is 0.416 e. The lowest BCUT2D eigenvalue weighted by atomic mass is 10.1. The quantitative estimate of drug-likeness (QED) is 0.310. The summed E-state index contributed by atoms with van der Waals surface area (Å²) in [5, 5.41) is 3.85. The van der Waals surface area contributed by atoms with E-state index in [0.29, 0.717) is 12.1 Å². The monoisotopic (exact) mass is 476 g/mol. The van der Waals surface area contributed by atoms with Gasteiger partial charge in [0.15, 0.2) is 5.75 Å². The largest absolute Gasteiger partial charge is 0.416 e. The minimum absolute atomic E-state index is 0.102. The molecular formula is C23H19F3N2O4S. The molecule has 33 heavy (non-hydrogen) atoms. The molecule has 3 rings (SSSR count). The van der Waals surface area contributed by atoms with E-state index >= 15 is 0 Å². The molecular weight excluding hydrogens is 457 g/mol. The van der Waals surface area contributed by atoms with E-state index in [9.17, 15) is 26.4 Å². The zero-order valence-electron chi connectivity index (χ0n) is 17.3. The first-order valence-electron chi connectivity index (χ1n) is 9.63. The Morgan fingerprint density at radius 1 is 1.00 bits per heavy atom.